The summed E-state index contributed by atoms with van der Waals surface area (Å²) in [5.41, 5.74) is 1.18. The summed E-state index contributed by atoms with van der Waals surface area (Å²) < 4.78 is 7.61. The van der Waals surface area contributed by atoms with Crippen LogP contribution in [0.15, 0.2) is 12.3 Å². The molecule has 0 amide bonds. The Kier molecular flexibility index (Phi) is 4.78. The van der Waals surface area contributed by atoms with Crippen LogP contribution in [-0.2, 0) is 11.3 Å². The van der Waals surface area contributed by atoms with Gasteiger partial charge >= 0.3 is 0 Å². The number of aromatic nitrogens is 2. The maximum absolute atomic E-state index is 5.61. The minimum absolute atomic E-state index is 0.217. The highest BCUT2D eigenvalue weighted by atomic mass is 16.5. The number of nitrogens with zero attached hydrogens (tertiary/aromatic N) is 2. The van der Waals surface area contributed by atoms with Crippen molar-refractivity contribution >= 4 is 0 Å². The largest absolute Gasteiger partial charge is 0.377 e. The number of hydrogen-bond acceptors (Lipinski definition) is 3. The Labute approximate surface area is 91.6 Å². The molecule has 0 spiro atoms. The van der Waals surface area contributed by atoms with Gasteiger partial charge in [-0.2, -0.15) is 5.10 Å². The number of ether oxygens (including phenoxy) is 1. The summed E-state index contributed by atoms with van der Waals surface area (Å²) >= 11 is 0. The first kappa shape index (κ1) is 12.2. The Balaban J connectivity index is 2.65. The van der Waals surface area contributed by atoms with E-state index in [0.29, 0.717) is 6.61 Å². The van der Waals surface area contributed by atoms with Gasteiger partial charge in [-0.3, -0.25) is 4.68 Å². The molecule has 0 fully saturated rings. The summed E-state index contributed by atoms with van der Waals surface area (Å²) in [5.74, 6) is 0. The summed E-state index contributed by atoms with van der Waals surface area (Å²) in [4.78, 5) is 0. The van der Waals surface area contributed by atoms with Crippen molar-refractivity contribution in [2.75, 3.05) is 13.7 Å². The number of nitrogens with one attached hydrogen (secondary N) is 1. The van der Waals surface area contributed by atoms with Crippen molar-refractivity contribution in [3.8, 4) is 0 Å². The van der Waals surface area contributed by atoms with E-state index in [1.165, 1.54) is 5.69 Å². The zero-order valence-corrected chi connectivity index (χ0v) is 10.0. The fourth-order valence-electron chi connectivity index (χ4n) is 1.51. The molecule has 0 aliphatic rings. The van der Waals surface area contributed by atoms with Gasteiger partial charge < -0.3 is 10.1 Å². The van der Waals surface area contributed by atoms with Gasteiger partial charge in [0, 0.05) is 12.7 Å². The Morgan fingerprint density at radius 3 is 2.80 bits per heavy atom. The van der Waals surface area contributed by atoms with Crippen LogP contribution in [0.2, 0.25) is 0 Å². The van der Waals surface area contributed by atoms with Gasteiger partial charge in [0.1, 0.15) is 0 Å². The Morgan fingerprint density at radius 1 is 1.53 bits per heavy atom. The Morgan fingerprint density at radius 2 is 2.27 bits per heavy atom. The summed E-state index contributed by atoms with van der Waals surface area (Å²) in [6, 6.07) is 2.25. The van der Waals surface area contributed by atoms with Crippen molar-refractivity contribution < 1.29 is 4.74 Å². The van der Waals surface area contributed by atoms with Gasteiger partial charge in [0.05, 0.1) is 24.4 Å². The number of hydrogen-bond donors (Lipinski definition) is 1. The molecule has 1 aromatic rings. The average molecular weight is 211 g/mol. The highest BCUT2D eigenvalue weighted by Gasteiger charge is 2.14. The van der Waals surface area contributed by atoms with Crippen LogP contribution in [0, 0.1) is 0 Å². The predicted molar refractivity (Wildman–Crippen MR) is 60.8 cm³/mol. The first-order valence-electron chi connectivity index (χ1n) is 5.49. The first-order chi connectivity index (χ1) is 7.19. The molecule has 0 saturated heterocycles. The predicted octanol–water partition coefficient (Wildman–Crippen LogP) is 1.59. The van der Waals surface area contributed by atoms with Crippen LogP contribution in [0.25, 0.3) is 0 Å². The molecule has 1 unspecified atom stereocenters. The SMILES string of the molecule is CCn1nccc1C(COC(C)C)NC. The normalized spacial score (nSPS) is 13.4. The van der Waals surface area contributed by atoms with E-state index < -0.39 is 0 Å². The van der Waals surface area contributed by atoms with Crippen LogP contribution in [-0.4, -0.2) is 29.5 Å². The molecule has 0 aliphatic carbocycles. The molecule has 0 aliphatic heterocycles. The van der Waals surface area contributed by atoms with E-state index in [9.17, 15) is 0 Å². The second kappa shape index (κ2) is 5.88. The fourth-order valence-corrected chi connectivity index (χ4v) is 1.51. The van der Waals surface area contributed by atoms with Crippen LogP contribution >= 0.6 is 0 Å². The van der Waals surface area contributed by atoms with Gasteiger partial charge in [-0.25, -0.2) is 0 Å². The van der Waals surface area contributed by atoms with E-state index in [2.05, 4.69) is 17.3 Å². The standard InChI is InChI=1S/C11H21N3O/c1-5-14-11(6-7-13-14)10(12-4)8-15-9(2)3/h6-7,9-10,12H,5,8H2,1-4H3. The highest BCUT2D eigenvalue weighted by Crippen LogP contribution is 2.13. The third kappa shape index (κ3) is 3.32. The van der Waals surface area contributed by atoms with E-state index in [0.717, 1.165) is 6.54 Å². The highest BCUT2D eigenvalue weighted by molar-refractivity contribution is 5.06. The molecule has 86 valence electrons. The van der Waals surface area contributed by atoms with Gasteiger partial charge in [-0.05, 0) is 33.9 Å². The smallest absolute Gasteiger partial charge is 0.0727 e. The molecular formula is C11H21N3O. The van der Waals surface area contributed by atoms with E-state index >= 15 is 0 Å². The van der Waals surface area contributed by atoms with Gasteiger partial charge in [0.15, 0.2) is 0 Å². The zero-order valence-electron chi connectivity index (χ0n) is 10.0. The molecule has 4 nitrogen and oxygen atoms in total. The van der Waals surface area contributed by atoms with Crippen molar-refractivity contribution in [2.45, 2.75) is 39.5 Å². The minimum atomic E-state index is 0.217. The van der Waals surface area contributed by atoms with Crippen LogP contribution < -0.4 is 5.32 Å². The van der Waals surface area contributed by atoms with Crippen molar-refractivity contribution in [1.29, 1.82) is 0 Å². The molecule has 4 heteroatoms. The lowest BCUT2D eigenvalue weighted by molar-refractivity contribution is 0.0609. The lowest BCUT2D eigenvalue weighted by atomic mass is 10.2. The van der Waals surface area contributed by atoms with Crippen LogP contribution in [0.4, 0.5) is 0 Å². The van der Waals surface area contributed by atoms with Crippen LogP contribution in [0.3, 0.4) is 0 Å². The van der Waals surface area contributed by atoms with Gasteiger partial charge in [0.2, 0.25) is 0 Å². The van der Waals surface area contributed by atoms with Crippen molar-refractivity contribution in [3.05, 3.63) is 18.0 Å². The summed E-state index contributed by atoms with van der Waals surface area (Å²) in [7, 11) is 1.95. The molecule has 1 rings (SSSR count). The van der Waals surface area contributed by atoms with Gasteiger partial charge in [0.25, 0.3) is 0 Å². The topological polar surface area (TPSA) is 39.1 Å². The third-order valence-corrected chi connectivity index (χ3v) is 2.35. The van der Waals surface area contributed by atoms with Crippen molar-refractivity contribution in [1.82, 2.24) is 15.1 Å². The molecule has 1 atom stereocenters. The molecule has 1 aromatic heterocycles. The first-order valence-corrected chi connectivity index (χ1v) is 5.49. The number of rotatable bonds is 6. The molecular weight excluding hydrogens is 190 g/mol. The second-order valence-corrected chi connectivity index (χ2v) is 3.80. The monoisotopic (exact) mass is 211 g/mol. The number of aryl methyl sites for hydroxylation is 1. The van der Waals surface area contributed by atoms with Crippen LogP contribution in [0.5, 0.6) is 0 Å². The van der Waals surface area contributed by atoms with Gasteiger partial charge in [-0.15, -0.1) is 0 Å². The summed E-state index contributed by atoms with van der Waals surface area (Å²) in [6.07, 6.45) is 2.09. The Hall–Kier alpha value is -0.870. The van der Waals surface area contributed by atoms with Gasteiger partial charge in [-0.1, -0.05) is 0 Å². The lowest BCUT2D eigenvalue weighted by Gasteiger charge is -2.19. The molecule has 0 aromatic carbocycles. The fraction of sp³-hybridized carbons (Fsp3) is 0.727. The molecule has 15 heavy (non-hydrogen) atoms. The zero-order chi connectivity index (χ0) is 11.3. The summed E-state index contributed by atoms with van der Waals surface area (Å²) in [5, 5.41) is 7.50. The van der Waals surface area contributed by atoms with E-state index in [4.69, 9.17) is 4.74 Å². The molecule has 0 bridgehead atoms. The maximum Gasteiger partial charge on any atom is 0.0727 e. The number of likely N-dealkylation sites (N-methyl/N-ethyl adjacent to an activating group) is 1. The maximum atomic E-state index is 5.61. The van der Waals surface area contributed by atoms with E-state index in [-0.39, 0.29) is 12.1 Å². The third-order valence-electron chi connectivity index (χ3n) is 2.35. The van der Waals surface area contributed by atoms with Crippen molar-refractivity contribution in [2.24, 2.45) is 0 Å². The van der Waals surface area contributed by atoms with E-state index in [1.807, 2.05) is 37.8 Å². The lowest BCUT2D eigenvalue weighted by Crippen LogP contribution is -2.26. The average Bonchev–Trinajstić information content (AvgIpc) is 2.66. The van der Waals surface area contributed by atoms with Crippen LogP contribution in [0.1, 0.15) is 32.5 Å². The summed E-state index contributed by atoms with van der Waals surface area (Å²) in [6.45, 7) is 7.75. The van der Waals surface area contributed by atoms with E-state index in [1.54, 1.807) is 0 Å². The second-order valence-electron chi connectivity index (χ2n) is 3.80. The van der Waals surface area contributed by atoms with Crippen molar-refractivity contribution in [3.63, 3.8) is 0 Å². The quantitative estimate of drug-likeness (QED) is 0.776. The molecule has 1 N–H and O–H groups in total. The molecule has 0 radical (unpaired) electrons. The molecule has 1 heterocycles. The minimum Gasteiger partial charge on any atom is -0.377 e. The Bertz CT molecular complexity index is 283. The molecule has 0 saturated carbocycles.